The van der Waals surface area contributed by atoms with E-state index >= 15 is 0 Å². The number of nitrogens with one attached hydrogen (secondary N) is 2. The summed E-state index contributed by atoms with van der Waals surface area (Å²) in [6, 6.07) is 17.6. The maximum Gasteiger partial charge on any atom is 0.232 e. The summed E-state index contributed by atoms with van der Waals surface area (Å²) in [4.78, 5) is 15.0. The average Bonchev–Trinajstić information content (AvgIpc) is 3.13. The highest BCUT2D eigenvalue weighted by molar-refractivity contribution is 5.66. The summed E-state index contributed by atoms with van der Waals surface area (Å²) in [5.41, 5.74) is 13.1. The van der Waals surface area contributed by atoms with Gasteiger partial charge in [-0.3, -0.25) is 0 Å². The van der Waals surface area contributed by atoms with Gasteiger partial charge in [-0.25, -0.2) is 0 Å². The van der Waals surface area contributed by atoms with E-state index in [1.807, 2.05) is 24.3 Å². The zero-order valence-corrected chi connectivity index (χ0v) is 32.9. The monoisotopic (exact) mass is 689 g/mol. The smallest absolute Gasteiger partial charge is 0.232 e. The molecule has 51 heavy (non-hydrogen) atoms. The zero-order chi connectivity index (χ0) is 36.4. The summed E-state index contributed by atoms with van der Waals surface area (Å²) in [6.45, 7) is 17.8. The van der Waals surface area contributed by atoms with Crippen molar-refractivity contribution >= 4 is 23.3 Å². The number of hydrogen-bond donors (Lipinski definition) is 2. The van der Waals surface area contributed by atoms with E-state index in [1.54, 1.807) is 11.1 Å². The summed E-state index contributed by atoms with van der Waals surface area (Å²) >= 11 is 0. The minimum absolute atomic E-state index is 0.558. The van der Waals surface area contributed by atoms with Gasteiger partial charge < -0.3 is 10.6 Å². The number of aromatic nitrogens is 3. The largest absolute Gasteiger partial charge is 0.324 e. The van der Waals surface area contributed by atoms with Gasteiger partial charge in [0.25, 0.3) is 0 Å². The minimum atomic E-state index is 0.558. The molecule has 5 nitrogen and oxygen atoms in total. The van der Waals surface area contributed by atoms with Crippen LogP contribution in [0, 0.1) is 6.92 Å². The molecular formula is C46H66N5. The van der Waals surface area contributed by atoms with Gasteiger partial charge in [0.1, 0.15) is 0 Å². The van der Waals surface area contributed by atoms with Gasteiger partial charge in [0.15, 0.2) is 5.82 Å². The molecule has 275 valence electrons. The molecule has 0 atom stereocenters. The summed E-state index contributed by atoms with van der Waals surface area (Å²) in [5.74, 6) is 1.76. The summed E-state index contributed by atoms with van der Waals surface area (Å²) in [5, 5.41) is 7.33. The van der Waals surface area contributed by atoms with E-state index in [9.17, 15) is 0 Å². The second-order valence-electron chi connectivity index (χ2n) is 14.4. The van der Waals surface area contributed by atoms with E-state index in [0.29, 0.717) is 17.7 Å². The normalized spacial score (nSPS) is 11.3. The maximum absolute atomic E-state index is 5.02. The van der Waals surface area contributed by atoms with Crippen molar-refractivity contribution < 1.29 is 0 Å². The average molecular weight is 689 g/mol. The fourth-order valence-electron chi connectivity index (χ4n) is 6.98. The predicted octanol–water partition coefficient (Wildman–Crippen LogP) is 13.3. The van der Waals surface area contributed by atoms with Gasteiger partial charge in [-0.2, -0.15) is 15.0 Å². The molecule has 0 saturated carbocycles. The third-order valence-corrected chi connectivity index (χ3v) is 9.99. The van der Waals surface area contributed by atoms with E-state index in [0.717, 1.165) is 61.0 Å². The van der Waals surface area contributed by atoms with E-state index in [-0.39, 0.29) is 0 Å². The molecule has 1 radical (unpaired) electrons. The number of nitrogens with zero attached hydrogens (tertiary/aromatic N) is 3. The second kappa shape index (κ2) is 21.6. The van der Waals surface area contributed by atoms with Gasteiger partial charge >= 0.3 is 0 Å². The molecule has 3 aromatic carbocycles. The van der Waals surface area contributed by atoms with Gasteiger partial charge in [0.2, 0.25) is 11.9 Å². The van der Waals surface area contributed by atoms with Gasteiger partial charge in [-0.15, -0.1) is 0 Å². The molecule has 5 heteroatoms. The topological polar surface area (TPSA) is 62.7 Å². The Kier molecular flexibility index (Phi) is 17.0. The Morgan fingerprint density at radius 2 is 0.784 bits per heavy atom. The first-order valence-corrected chi connectivity index (χ1v) is 20.4. The third kappa shape index (κ3) is 12.2. The molecule has 0 aliphatic carbocycles. The lowest BCUT2D eigenvalue weighted by molar-refractivity contribution is 0.735. The lowest BCUT2D eigenvalue weighted by atomic mass is 9.90. The number of unbranched alkanes of at least 4 members (excludes halogenated alkanes) is 6. The molecule has 4 rings (SSSR count). The highest BCUT2D eigenvalue weighted by Crippen LogP contribution is 2.31. The SMILES string of the molecule is [CH2]c1ccc(-c2nc(Nc3cc(CCCC)c(CCCC)c(CCCC)c3)nc(Nc3cc(CCCC)c(CCCC)c(CCCC)c3)n2)cc1. The molecule has 0 aliphatic rings. The standard InChI is InChI=1S/C46H66N5/c1-8-14-20-36-30-40(31-37(21-15-9-2)42(36)24-18-12-5)47-45-49-44(35-28-26-34(7)27-29-35)50-46(51-45)48-41-32-38(22-16-10-3)43(25-19-13-6)39(33-41)23-17-11-4/h26-33H,7-25H2,1-6H3,(H2,47,48,49,50,51). The number of anilines is 4. The Morgan fingerprint density at radius 3 is 1.12 bits per heavy atom. The number of hydrogen-bond acceptors (Lipinski definition) is 5. The van der Waals surface area contributed by atoms with Crippen LogP contribution < -0.4 is 10.6 Å². The summed E-state index contributed by atoms with van der Waals surface area (Å²) in [6.07, 6.45) is 21.1. The molecule has 0 fully saturated rings. The fraction of sp³-hybridized carbons (Fsp3) is 0.522. The van der Waals surface area contributed by atoms with Crippen LogP contribution in [0.2, 0.25) is 0 Å². The summed E-state index contributed by atoms with van der Waals surface area (Å²) in [7, 11) is 0. The maximum atomic E-state index is 5.02. The number of aryl methyl sites for hydroxylation is 4. The Morgan fingerprint density at radius 1 is 0.451 bits per heavy atom. The van der Waals surface area contributed by atoms with Gasteiger partial charge in [-0.1, -0.05) is 104 Å². The summed E-state index contributed by atoms with van der Waals surface area (Å²) < 4.78 is 0. The molecule has 0 aliphatic heterocycles. The fourth-order valence-corrected chi connectivity index (χ4v) is 6.98. The molecule has 4 aromatic rings. The Labute approximate surface area is 310 Å². The molecule has 1 heterocycles. The third-order valence-electron chi connectivity index (χ3n) is 9.99. The predicted molar refractivity (Wildman–Crippen MR) is 221 cm³/mol. The first-order valence-electron chi connectivity index (χ1n) is 20.4. The first-order chi connectivity index (χ1) is 24.9. The molecule has 1 aromatic heterocycles. The quantitative estimate of drug-likeness (QED) is 0.0812. The van der Waals surface area contributed by atoms with Crippen molar-refractivity contribution in [1.82, 2.24) is 15.0 Å². The first kappa shape index (κ1) is 40.0. The van der Waals surface area contributed by atoms with Crippen molar-refractivity contribution in [1.29, 1.82) is 0 Å². The van der Waals surface area contributed by atoms with E-state index in [2.05, 4.69) is 83.4 Å². The van der Waals surface area contributed by atoms with Crippen LogP contribution in [-0.2, 0) is 38.5 Å². The number of benzene rings is 3. The van der Waals surface area contributed by atoms with Gasteiger partial charge in [0, 0.05) is 16.9 Å². The lowest BCUT2D eigenvalue weighted by Crippen LogP contribution is -2.09. The van der Waals surface area contributed by atoms with E-state index < -0.39 is 0 Å². The van der Waals surface area contributed by atoms with Crippen molar-refractivity contribution in [3.8, 4) is 11.4 Å². The van der Waals surface area contributed by atoms with E-state index in [4.69, 9.17) is 15.0 Å². The Bertz CT molecular complexity index is 1470. The van der Waals surface area contributed by atoms with Crippen molar-refractivity contribution in [3.63, 3.8) is 0 Å². The number of rotatable bonds is 23. The van der Waals surface area contributed by atoms with Gasteiger partial charge in [-0.05, 0) is 147 Å². The molecule has 0 amide bonds. The lowest BCUT2D eigenvalue weighted by Gasteiger charge is -2.19. The molecule has 0 bridgehead atoms. The highest BCUT2D eigenvalue weighted by Gasteiger charge is 2.16. The van der Waals surface area contributed by atoms with Crippen molar-refractivity contribution in [2.75, 3.05) is 10.6 Å². The van der Waals surface area contributed by atoms with Crippen molar-refractivity contribution in [2.24, 2.45) is 0 Å². The highest BCUT2D eigenvalue weighted by atomic mass is 15.2. The van der Waals surface area contributed by atoms with E-state index in [1.165, 1.54) is 99.3 Å². The Hall–Kier alpha value is -3.73. The van der Waals surface area contributed by atoms with Gasteiger partial charge in [0.05, 0.1) is 0 Å². The van der Waals surface area contributed by atoms with Crippen LogP contribution >= 0.6 is 0 Å². The Balaban J connectivity index is 1.80. The second-order valence-corrected chi connectivity index (χ2v) is 14.4. The molecule has 0 unspecified atom stereocenters. The molecule has 2 N–H and O–H groups in total. The van der Waals surface area contributed by atoms with Crippen molar-refractivity contribution in [3.05, 3.63) is 94.4 Å². The van der Waals surface area contributed by atoms with Crippen LogP contribution in [0.1, 0.15) is 158 Å². The van der Waals surface area contributed by atoms with Crippen LogP contribution in [0.3, 0.4) is 0 Å². The zero-order valence-electron chi connectivity index (χ0n) is 32.9. The molecular weight excluding hydrogens is 623 g/mol. The van der Waals surface area contributed by atoms with Crippen LogP contribution in [0.25, 0.3) is 11.4 Å². The molecule has 0 saturated heterocycles. The van der Waals surface area contributed by atoms with Crippen molar-refractivity contribution in [2.45, 2.75) is 157 Å². The van der Waals surface area contributed by atoms with Crippen LogP contribution in [0.5, 0.6) is 0 Å². The minimum Gasteiger partial charge on any atom is -0.324 e. The van der Waals surface area contributed by atoms with Crippen LogP contribution in [0.4, 0.5) is 23.3 Å². The van der Waals surface area contributed by atoms with Crippen LogP contribution in [0.15, 0.2) is 48.5 Å². The molecule has 0 spiro atoms. The van der Waals surface area contributed by atoms with Crippen LogP contribution in [-0.4, -0.2) is 15.0 Å².